The quantitative estimate of drug-likeness (QED) is 0.178. The standard InChI is InChI=1S/C11H12ClNOS.C8H11ClN2.C7H6O.C2H5Cl/c12-11-7-10(4-3-9(11)8-14)13-5-1-2-6-15-13;1-10-6-3-4-7(9)8(5-6)11-2;8-6-7-4-2-1-3-5-7;1-2-3/h3-4,7-8H,1-2,5-6H2;3-5,10-11H,1-2H3;1-6H;2H2,1H3. The average molecular weight is 583 g/mol. The van der Waals surface area contributed by atoms with Crippen LogP contribution in [0.25, 0.3) is 0 Å². The summed E-state index contributed by atoms with van der Waals surface area (Å²) in [7, 11) is 3.73. The molecule has 0 aliphatic carbocycles. The highest BCUT2D eigenvalue weighted by Gasteiger charge is 2.12. The minimum Gasteiger partial charge on any atom is -0.388 e. The number of carbonyl (C=O) groups excluding carboxylic acids is 2. The fourth-order valence-corrected chi connectivity index (χ4v) is 4.48. The number of rotatable bonds is 5. The smallest absolute Gasteiger partial charge is 0.151 e. The van der Waals surface area contributed by atoms with Gasteiger partial charge in [-0.3, -0.25) is 9.59 Å². The number of aldehydes is 2. The third kappa shape index (κ3) is 12.6. The van der Waals surface area contributed by atoms with E-state index in [2.05, 4.69) is 14.9 Å². The monoisotopic (exact) mass is 581 g/mol. The molecule has 1 saturated heterocycles. The summed E-state index contributed by atoms with van der Waals surface area (Å²) in [6.07, 6.45) is 4.12. The SMILES string of the molecule is CCCl.CNc1ccc(Cl)c(NC)c1.O=Cc1ccc(N2CCCCS2)cc1Cl.O=Cc1ccccc1. The van der Waals surface area contributed by atoms with Crippen molar-refractivity contribution in [3.63, 3.8) is 0 Å². The second kappa shape index (κ2) is 19.7. The molecule has 1 aliphatic heterocycles. The van der Waals surface area contributed by atoms with Crippen molar-refractivity contribution in [1.82, 2.24) is 0 Å². The summed E-state index contributed by atoms with van der Waals surface area (Å²) < 4.78 is 2.24. The summed E-state index contributed by atoms with van der Waals surface area (Å²) in [5.74, 6) is 1.88. The van der Waals surface area contributed by atoms with Crippen molar-refractivity contribution in [1.29, 1.82) is 0 Å². The summed E-state index contributed by atoms with van der Waals surface area (Å²) >= 11 is 18.7. The molecule has 37 heavy (non-hydrogen) atoms. The Labute approximate surface area is 240 Å². The van der Waals surface area contributed by atoms with E-state index >= 15 is 0 Å². The Morgan fingerprint density at radius 3 is 2.08 bits per heavy atom. The zero-order chi connectivity index (χ0) is 27.5. The second-order valence-electron chi connectivity index (χ2n) is 7.46. The van der Waals surface area contributed by atoms with Crippen molar-refractivity contribution in [2.45, 2.75) is 19.8 Å². The molecule has 5 nitrogen and oxygen atoms in total. The van der Waals surface area contributed by atoms with E-state index in [1.807, 2.05) is 81.5 Å². The van der Waals surface area contributed by atoms with Crippen LogP contribution in [0.2, 0.25) is 10.0 Å². The van der Waals surface area contributed by atoms with Crippen LogP contribution in [0.1, 0.15) is 40.5 Å². The van der Waals surface area contributed by atoms with Gasteiger partial charge in [0, 0.05) is 54.8 Å². The number of benzene rings is 3. The van der Waals surface area contributed by atoms with Gasteiger partial charge in [-0.2, -0.15) is 0 Å². The topological polar surface area (TPSA) is 61.4 Å². The lowest BCUT2D eigenvalue weighted by atomic mass is 10.2. The lowest BCUT2D eigenvalue weighted by molar-refractivity contribution is 0.111. The number of nitrogens with one attached hydrogen (secondary N) is 2. The molecule has 0 radical (unpaired) electrons. The maximum absolute atomic E-state index is 10.6. The molecule has 2 N–H and O–H groups in total. The fourth-order valence-electron chi connectivity index (χ4n) is 2.97. The van der Waals surface area contributed by atoms with Gasteiger partial charge in [0.1, 0.15) is 6.29 Å². The first-order valence-corrected chi connectivity index (χ1v) is 14.0. The molecule has 0 atom stereocenters. The van der Waals surface area contributed by atoms with E-state index in [1.54, 1.807) is 18.2 Å². The van der Waals surface area contributed by atoms with Crippen molar-refractivity contribution in [3.8, 4) is 0 Å². The summed E-state index contributed by atoms with van der Waals surface area (Å²) in [6, 6.07) is 20.4. The predicted octanol–water partition coefficient (Wildman–Crippen LogP) is 8.57. The van der Waals surface area contributed by atoms with Crippen LogP contribution in [0.5, 0.6) is 0 Å². The van der Waals surface area contributed by atoms with Crippen LogP contribution in [-0.4, -0.2) is 44.8 Å². The first kappa shape index (κ1) is 32.6. The minimum absolute atomic E-state index is 0.536. The van der Waals surface area contributed by atoms with Gasteiger partial charge in [-0.15, -0.1) is 11.6 Å². The highest BCUT2D eigenvalue weighted by Crippen LogP contribution is 2.30. The molecule has 0 spiro atoms. The van der Waals surface area contributed by atoms with Crippen LogP contribution < -0.4 is 14.9 Å². The predicted molar refractivity (Wildman–Crippen MR) is 165 cm³/mol. The van der Waals surface area contributed by atoms with Gasteiger partial charge in [0.2, 0.25) is 0 Å². The van der Waals surface area contributed by atoms with E-state index < -0.39 is 0 Å². The summed E-state index contributed by atoms with van der Waals surface area (Å²) in [6.45, 7) is 2.95. The zero-order valence-electron chi connectivity index (χ0n) is 21.3. The number of carbonyl (C=O) groups is 2. The molecule has 3 aromatic rings. The highest BCUT2D eigenvalue weighted by molar-refractivity contribution is 8.00. The van der Waals surface area contributed by atoms with E-state index in [9.17, 15) is 9.59 Å². The van der Waals surface area contributed by atoms with Gasteiger partial charge in [-0.1, -0.05) is 60.5 Å². The van der Waals surface area contributed by atoms with Gasteiger partial charge in [-0.05, 0) is 61.2 Å². The van der Waals surface area contributed by atoms with Crippen molar-refractivity contribution in [2.75, 3.05) is 47.2 Å². The largest absolute Gasteiger partial charge is 0.388 e. The first-order chi connectivity index (χ1) is 17.9. The Bertz CT molecular complexity index is 1070. The van der Waals surface area contributed by atoms with Crippen LogP contribution in [0, 0.1) is 0 Å². The Morgan fingerprint density at radius 1 is 0.892 bits per heavy atom. The van der Waals surface area contributed by atoms with Gasteiger partial charge >= 0.3 is 0 Å². The van der Waals surface area contributed by atoms with Crippen LogP contribution in [-0.2, 0) is 0 Å². The molecular weight excluding hydrogens is 549 g/mol. The van der Waals surface area contributed by atoms with E-state index in [4.69, 9.17) is 34.8 Å². The molecule has 9 heteroatoms. The van der Waals surface area contributed by atoms with Crippen LogP contribution >= 0.6 is 46.8 Å². The molecule has 0 unspecified atom stereocenters. The number of hydrogen-bond acceptors (Lipinski definition) is 6. The van der Waals surface area contributed by atoms with Crippen molar-refractivity contribution in [3.05, 3.63) is 87.9 Å². The van der Waals surface area contributed by atoms with Crippen molar-refractivity contribution >= 4 is 76.4 Å². The molecule has 3 aromatic carbocycles. The first-order valence-electron chi connectivity index (χ1n) is 11.8. The number of hydrogen-bond donors (Lipinski definition) is 2. The van der Waals surface area contributed by atoms with Crippen molar-refractivity contribution < 1.29 is 9.59 Å². The molecule has 1 fully saturated rings. The van der Waals surface area contributed by atoms with Gasteiger partial charge < -0.3 is 14.9 Å². The molecule has 4 rings (SSSR count). The molecule has 1 heterocycles. The maximum atomic E-state index is 10.6. The summed E-state index contributed by atoms with van der Waals surface area (Å²) in [4.78, 5) is 20.6. The molecular formula is C28H34Cl3N3O2S. The van der Waals surface area contributed by atoms with Crippen molar-refractivity contribution in [2.24, 2.45) is 0 Å². The molecule has 0 amide bonds. The number of halogens is 3. The van der Waals surface area contributed by atoms with Crippen LogP contribution in [0.4, 0.5) is 17.1 Å². The third-order valence-corrected chi connectivity index (χ3v) is 6.69. The second-order valence-corrected chi connectivity index (χ2v) is 9.91. The number of anilines is 3. The number of nitrogens with zero attached hydrogens (tertiary/aromatic N) is 1. The van der Waals surface area contributed by atoms with E-state index in [1.165, 1.54) is 12.8 Å². The Balaban J connectivity index is 0.000000275. The minimum atomic E-state index is 0.536. The highest BCUT2D eigenvalue weighted by atomic mass is 35.5. The Morgan fingerprint density at radius 2 is 1.59 bits per heavy atom. The van der Waals surface area contributed by atoms with Gasteiger partial charge in [0.25, 0.3) is 0 Å². The number of alkyl halides is 1. The Kier molecular flexibility index (Phi) is 17.4. The Hall–Kier alpha value is -2.38. The normalized spacial score (nSPS) is 11.8. The lowest BCUT2D eigenvalue weighted by Gasteiger charge is -2.27. The molecule has 200 valence electrons. The van der Waals surface area contributed by atoms with Gasteiger partial charge in [0.15, 0.2) is 6.29 Å². The average Bonchev–Trinajstić information content (AvgIpc) is 2.95. The molecule has 0 aromatic heterocycles. The fraction of sp³-hybridized carbons (Fsp3) is 0.286. The van der Waals surface area contributed by atoms with Gasteiger partial charge in [-0.25, -0.2) is 0 Å². The maximum Gasteiger partial charge on any atom is 0.151 e. The summed E-state index contributed by atoms with van der Waals surface area (Å²) in [5, 5.41) is 7.31. The summed E-state index contributed by atoms with van der Waals surface area (Å²) in [5.41, 5.74) is 4.38. The van der Waals surface area contributed by atoms with E-state index in [0.29, 0.717) is 10.6 Å². The van der Waals surface area contributed by atoms with E-state index in [-0.39, 0.29) is 0 Å². The lowest BCUT2D eigenvalue weighted by Crippen LogP contribution is -2.20. The third-order valence-electron chi connectivity index (χ3n) is 4.86. The van der Waals surface area contributed by atoms with Crippen LogP contribution in [0.3, 0.4) is 0 Å². The van der Waals surface area contributed by atoms with Crippen LogP contribution in [0.15, 0.2) is 66.7 Å². The van der Waals surface area contributed by atoms with E-state index in [0.717, 1.165) is 58.4 Å². The molecule has 1 aliphatic rings. The molecule has 0 bridgehead atoms. The van der Waals surface area contributed by atoms with Gasteiger partial charge in [0.05, 0.1) is 15.7 Å². The molecule has 0 saturated carbocycles. The zero-order valence-corrected chi connectivity index (χ0v) is 24.4.